The van der Waals surface area contributed by atoms with Gasteiger partial charge in [-0.2, -0.15) is 5.10 Å². The van der Waals surface area contributed by atoms with E-state index in [1.807, 2.05) is 43.5 Å². The third kappa shape index (κ3) is 6.14. The number of benzene rings is 2. The van der Waals surface area contributed by atoms with E-state index in [2.05, 4.69) is 20.2 Å². The van der Waals surface area contributed by atoms with E-state index in [4.69, 9.17) is 21.4 Å². The molecule has 3 aromatic heterocycles. The van der Waals surface area contributed by atoms with Crippen LogP contribution in [-0.4, -0.2) is 79.2 Å². The van der Waals surface area contributed by atoms with Crippen molar-refractivity contribution in [3.05, 3.63) is 76.4 Å². The fourth-order valence-electron chi connectivity index (χ4n) is 6.43. The van der Waals surface area contributed by atoms with E-state index in [9.17, 15) is 14.3 Å². The van der Waals surface area contributed by atoms with Gasteiger partial charge >= 0.3 is 0 Å². The number of aliphatic hydroxyl groups is 1. The maximum Gasteiger partial charge on any atom is 0.257 e. The van der Waals surface area contributed by atoms with Gasteiger partial charge in [0.2, 0.25) is 0 Å². The molecule has 10 nitrogen and oxygen atoms in total. The van der Waals surface area contributed by atoms with Crippen LogP contribution >= 0.6 is 22.9 Å². The number of hydrogen-bond acceptors (Lipinski definition) is 8. The molecule has 46 heavy (non-hydrogen) atoms. The average molecular weight is 664 g/mol. The van der Waals surface area contributed by atoms with E-state index in [0.717, 1.165) is 60.3 Å². The Hall–Kier alpha value is -3.84. The molecule has 1 amide bonds. The lowest BCUT2D eigenvalue weighted by molar-refractivity contribution is -0.118. The van der Waals surface area contributed by atoms with Gasteiger partial charge in [-0.1, -0.05) is 23.7 Å². The smallest absolute Gasteiger partial charge is 0.257 e. The second-order valence-electron chi connectivity index (χ2n) is 12.0. The number of ether oxygens (including phenoxy) is 1. The summed E-state index contributed by atoms with van der Waals surface area (Å²) in [5, 5.41) is 20.6. The molecule has 2 aliphatic rings. The number of imidazole rings is 1. The van der Waals surface area contributed by atoms with Crippen LogP contribution in [-0.2, 0) is 17.8 Å². The number of piperidine rings is 1. The number of anilines is 1. The molecule has 0 saturated carbocycles. The second-order valence-corrected chi connectivity index (χ2v) is 13.3. The first-order valence-corrected chi connectivity index (χ1v) is 16.8. The van der Waals surface area contributed by atoms with Crippen molar-refractivity contribution in [3.63, 3.8) is 0 Å². The predicted molar refractivity (Wildman–Crippen MR) is 176 cm³/mol. The molecular weight excluding hydrogens is 629 g/mol. The SMILES string of the molecule is Cc1cc(-c2ccc(OCCN3CCC(CO)CC3)cc2)c(Cl)c2nn(C(C(=O)Nc3nccs3)c3ncn4c3C[C@@H](F)C4)cc12. The van der Waals surface area contributed by atoms with Crippen LogP contribution in [0.2, 0.25) is 5.02 Å². The summed E-state index contributed by atoms with van der Waals surface area (Å²) < 4.78 is 23.7. The highest BCUT2D eigenvalue weighted by atomic mass is 35.5. The Morgan fingerprint density at radius 2 is 2.04 bits per heavy atom. The van der Waals surface area contributed by atoms with Gasteiger partial charge < -0.3 is 14.4 Å². The van der Waals surface area contributed by atoms with Crippen molar-refractivity contribution in [2.45, 2.75) is 44.9 Å². The highest BCUT2D eigenvalue weighted by Gasteiger charge is 2.34. The van der Waals surface area contributed by atoms with E-state index in [0.29, 0.717) is 39.6 Å². The molecule has 0 bridgehead atoms. The van der Waals surface area contributed by atoms with Crippen LogP contribution in [0.1, 0.15) is 35.8 Å². The van der Waals surface area contributed by atoms with Gasteiger partial charge in [-0.05, 0) is 68.1 Å². The summed E-state index contributed by atoms with van der Waals surface area (Å²) >= 11 is 8.33. The van der Waals surface area contributed by atoms with Gasteiger partial charge in [0.05, 0.1) is 23.6 Å². The first-order chi connectivity index (χ1) is 22.4. The number of carbonyl (C=O) groups excluding carboxylic acids is 1. The number of nitrogens with one attached hydrogen (secondary N) is 1. The molecule has 1 unspecified atom stereocenters. The summed E-state index contributed by atoms with van der Waals surface area (Å²) in [5.74, 6) is 0.834. The summed E-state index contributed by atoms with van der Waals surface area (Å²) in [6.45, 7) is 5.90. The van der Waals surface area contributed by atoms with Gasteiger partial charge in [-0.15, -0.1) is 11.3 Å². The molecule has 13 heteroatoms. The summed E-state index contributed by atoms with van der Waals surface area (Å²) in [6, 6.07) is 8.93. The summed E-state index contributed by atoms with van der Waals surface area (Å²) in [5.41, 5.74) is 4.39. The Morgan fingerprint density at radius 3 is 2.78 bits per heavy atom. The van der Waals surface area contributed by atoms with Gasteiger partial charge in [-0.25, -0.2) is 14.4 Å². The van der Waals surface area contributed by atoms with E-state index < -0.39 is 12.2 Å². The number of carbonyl (C=O) groups is 1. The summed E-state index contributed by atoms with van der Waals surface area (Å²) in [7, 11) is 0. The van der Waals surface area contributed by atoms with Crippen LogP contribution in [0.15, 0.2) is 54.4 Å². The van der Waals surface area contributed by atoms with Crippen molar-refractivity contribution in [3.8, 4) is 16.9 Å². The molecule has 0 aliphatic carbocycles. The number of alkyl halides is 1. The van der Waals surface area contributed by atoms with Crippen LogP contribution in [0.25, 0.3) is 22.0 Å². The molecule has 240 valence electrons. The zero-order valence-corrected chi connectivity index (χ0v) is 27.0. The maximum atomic E-state index is 14.4. The van der Waals surface area contributed by atoms with Crippen molar-refractivity contribution in [2.75, 3.05) is 38.2 Å². The number of fused-ring (bicyclic) bond motifs is 2. The number of nitrogens with zero attached hydrogens (tertiary/aromatic N) is 6. The van der Waals surface area contributed by atoms with E-state index in [1.165, 1.54) is 11.3 Å². The van der Waals surface area contributed by atoms with Crippen molar-refractivity contribution < 1.29 is 19.0 Å². The average Bonchev–Trinajstić information content (AvgIpc) is 3.87. The van der Waals surface area contributed by atoms with Crippen LogP contribution in [0.4, 0.5) is 9.52 Å². The predicted octanol–water partition coefficient (Wildman–Crippen LogP) is 5.52. The number of amides is 1. The minimum absolute atomic E-state index is 0.185. The maximum absolute atomic E-state index is 14.4. The van der Waals surface area contributed by atoms with Gasteiger partial charge in [0, 0.05) is 54.0 Å². The molecule has 2 aromatic carbocycles. The normalized spacial score (nSPS) is 17.8. The van der Waals surface area contributed by atoms with E-state index in [1.54, 1.807) is 27.2 Å². The number of aliphatic hydroxyl groups excluding tert-OH is 1. The third-order valence-corrected chi connectivity index (χ3v) is 10.1. The molecule has 1 saturated heterocycles. The minimum atomic E-state index is -1.03. The van der Waals surface area contributed by atoms with E-state index >= 15 is 0 Å². The molecule has 1 fully saturated rings. The van der Waals surface area contributed by atoms with Crippen molar-refractivity contribution in [2.24, 2.45) is 5.92 Å². The molecule has 7 rings (SSSR count). The first kappa shape index (κ1) is 30.8. The van der Waals surface area contributed by atoms with Crippen LogP contribution in [0, 0.1) is 12.8 Å². The lowest BCUT2D eigenvalue weighted by Gasteiger charge is -2.30. The number of thiazole rings is 1. The van der Waals surface area contributed by atoms with Crippen molar-refractivity contribution in [1.82, 2.24) is 29.2 Å². The zero-order chi connectivity index (χ0) is 31.8. The molecule has 2 atom stereocenters. The van der Waals surface area contributed by atoms with Gasteiger partial charge in [0.15, 0.2) is 11.2 Å². The Bertz CT molecular complexity index is 1830. The number of hydrogen-bond donors (Lipinski definition) is 2. The molecule has 2 aliphatic heterocycles. The Kier molecular flexibility index (Phi) is 8.78. The third-order valence-electron chi connectivity index (χ3n) is 8.99. The second kappa shape index (κ2) is 13.1. The van der Waals surface area contributed by atoms with Crippen molar-refractivity contribution in [1.29, 1.82) is 0 Å². The quantitative estimate of drug-likeness (QED) is 0.202. The number of rotatable bonds is 10. The zero-order valence-electron chi connectivity index (χ0n) is 25.4. The highest BCUT2D eigenvalue weighted by Crippen LogP contribution is 2.38. The summed E-state index contributed by atoms with van der Waals surface area (Å²) in [4.78, 5) is 24.9. The lowest BCUT2D eigenvalue weighted by atomic mass is 9.98. The van der Waals surface area contributed by atoms with Crippen LogP contribution < -0.4 is 10.1 Å². The number of likely N-dealkylation sites (tertiary alicyclic amines) is 1. The topological polar surface area (TPSA) is 110 Å². The highest BCUT2D eigenvalue weighted by molar-refractivity contribution is 7.13. The fourth-order valence-corrected chi connectivity index (χ4v) is 7.27. The Balaban J connectivity index is 1.13. The Labute approximate surface area is 274 Å². The number of halogens is 2. The number of aryl methyl sites for hydroxylation is 1. The molecule has 5 aromatic rings. The van der Waals surface area contributed by atoms with Gasteiger partial charge in [-0.3, -0.25) is 19.7 Å². The Morgan fingerprint density at radius 1 is 1.24 bits per heavy atom. The standard InChI is InChI=1S/C33H35ClFN7O3S/c1-20-14-25(22-2-4-24(5-3-22)45-12-11-40-9-6-21(18-43)7-10-40)28(34)29-26(20)17-42(39-29)31(32(44)38-33-36-8-13-46-33)30-27-15-23(35)16-41(27)19-37-30/h2-5,8,13-14,17,19,21,23,31,43H,6-7,9-12,15-16,18H2,1H3,(H,36,38,44)/t23-,31?/m1/s1. The monoisotopic (exact) mass is 663 g/mol. The van der Waals surface area contributed by atoms with Crippen molar-refractivity contribution >= 4 is 44.9 Å². The van der Waals surface area contributed by atoms with Crippen LogP contribution in [0.5, 0.6) is 5.75 Å². The fraction of sp³-hybridized carbons (Fsp3) is 0.394. The first-order valence-electron chi connectivity index (χ1n) is 15.5. The number of aromatic nitrogens is 5. The van der Waals surface area contributed by atoms with Gasteiger partial charge in [0.25, 0.3) is 5.91 Å². The molecule has 0 spiro atoms. The van der Waals surface area contributed by atoms with Gasteiger partial charge in [0.1, 0.15) is 24.0 Å². The van der Waals surface area contributed by atoms with Crippen LogP contribution in [0.3, 0.4) is 0 Å². The molecular formula is C33H35ClFN7O3S. The largest absolute Gasteiger partial charge is 0.492 e. The summed E-state index contributed by atoms with van der Waals surface area (Å²) in [6.07, 6.45) is 6.23. The molecule has 0 radical (unpaired) electrons. The minimum Gasteiger partial charge on any atom is -0.492 e. The van der Waals surface area contributed by atoms with E-state index in [-0.39, 0.29) is 25.5 Å². The molecule has 5 heterocycles. The molecule has 2 N–H and O–H groups in total. The lowest BCUT2D eigenvalue weighted by Crippen LogP contribution is -2.37.